The van der Waals surface area contributed by atoms with E-state index < -0.39 is 0 Å². The Bertz CT molecular complexity index is 356. The molecule has 1 heterocycles. The van der Waals surface area contributed by atoms with Crippen LogP contribution in [0.5, 0.6) is 0 Å². The predicted octanol–water partition coefficient (Wildman–Crippen LogP) is 4.43. The van der Waals surface area contributed by atoms with Crippen LogP contribution >= 0.6 is 11.5 Å². The fraction of sp³-hybridized carbons (Fsp3) is 0.857. The number of rotatable bonds is 5. The van der Waals surface area contributed by atoms with E-state index in [1.54, 1.807) is 0 Å². The first kappa shape index (κ1) is 13.8. The van der Waals surface area contributed by atoms with Gasteiger partial charge >= 0.3 is 0 Å². The molecule has 1 aromatic heterocycles. The van der Waals surface area contributed by atoms with Crippen LogP contribution < -0.4 is 5.32 Å². The summed E-state index contributed by atoms with van der Waals surface area (Å²) in [4.78, 5) is 4.59. The molecule has 1 saturated carbocycles. The van der Waals surface area contributed by atoms with E-state index in [2.05, 4.69) is 35.4 Å². The quantitative estimate of drug-likeness (QED) is 0.857. The Hall–Kier alpha value is -0.640. The van der Waals surface area contributed by atoms with E-state index in [9.17, 15) is 0 Å². The molecule has 2 rings (SSSR count). The van der Waals surface area contributed by atoms with Crippen LogP contribution in [-0.2, 0) is 0 Å². The van der Waals surface area contributed by atoms with E-state index in [-0.39, 0.29) is 0 Å². The van der Waals surface area contributed by atoms with Gasteiger partial charge < -0.3 is 5.32 Å². The van der Waals surface area contributed by atoms with Crippen molar-refractivity contribution in [3.63, 3.8) is 0 Å². The number of nitrogens with one attached hydrogen (secondary N) is 1. The van der Waals surface area contributed by atoms with Gasteiger partial charge in [-0.15, -0.1) is 0 Å². The summed E-state index contributed by atoms with van der Waals surface area (Å²) in [5.41, 5.74) is 0. The molecular weight excluding hydrogens is 242 g/mol. The van der Waals surface area contributed by atoms with Gasteiger partial charge in [-0.25, -0.2) is 4.98 Å². The minimum atomic E-state index is 0.423. The summed E-state index contributed by atoms with van der Waals surface area (Å²) in [6, 6.07) is 0.582. The van der Waals surface area contributed by atoms with Crippen molar-refractivity contribution in [1.29, 1.82) is 0 Å². The first-order valence-corrected chi connectivity index (χ1v) is 8.08. The third-order valence-corrected chi connectivity index (χ3v) is 4.59. The lowest BCUT2D eigenvalue weighted by molar-refractivity contribution is 0.313. The summed E-state index contributed by atoms with van der Waals surface area (Å²) >= 11 is 1.51. The lowest BCUT2D eigenvalue weighted by atomic mass is 9.83. The summed E-state index contributed by atoms with van der Waals surface area (Å²) in [6.45, 7) is 6.56. The van der Waals surface area contributed by atoms with Crippen LogP contribution in [0.4, 0.5) is 5.13 Å². The van der Waals surface area contributed by atoms with Gasteiger partial charge in [0.05, 0.1) is 0 Å². The van der Waals surface area contributed by atoms with Gasteiger partial charge in [-0.1, -0.05) is 40.0 Å². The van der Waals surface area contributed by atoms with Crippen molar-refractivity contribution in [2.45, 2.75) is 71.3 Å². The molecule has 0 saturated heterocycles. The monoisotopic (exact) mass is 267 g/mol. The molecule has 1 fully saturated rings. The molecule has 4 heteroatoms. The van der Waals surface area contributed by atoms with E-state index in [0.29, 0.717) is 12.0 Å². The van der Waals surface area contributed by atoms with E-state index >= 15 is 0 Å². The summed E-state index contributed by atoms with van der Waals surface area (Å²) in [6.07, 6.45) is 8.15. The second-order valence-corrected chi connectivity index (χ2v) is 6.42. The standard InChI is InChI=1S/C14H25N3S/c1-4-12(11-8-6-5-7-9-11)15-14-16-13(10(2)3)17-18-14/h10-12H,4-9H2,1-3H3,(H,15,16,17). The molecule has 0 bridgehead atoms. The van der Waals surface area contributed by atoms with Crippen molar-refractivity contribution in [1.82, 2.24) is 9.36 Å². The normalized spacial score (nSPS) is 19.1. The van der Waals surface area contributed by atoms with Gasteiger partial charge in [-0.05, 0) is 25.2 Å². The maximum atomic E-state index is 4.59. The Balaban J connectivity index is 1.95. The average molecular weight is 267 g/mol. The van der Waals surface area contributed by atoms with Gasteiger partial charge in [-0.2, -0.15) is 4.37 Å². The molecule has 1 aliphatic rings. The van der Waals surface area contributed by atoms with Gasteiger partial charge in [-0.3, -0.25) is 0 Å². The van der Waals surface area contributed by atoms with Crippen LogP contribution in [0.2, 0.25) is 0 Å². The fourth-order valence-corrected chi connectivity index (χ4v) is 3.55. The summed E-state index contributed by atoms with van der Waals surface area (Å²) in [5.74, 6) is 2.22. The molecule has 0 aliphatic heterocycles. The Labute approximate surface area is 115 Å². The van der Waals surface area contributed by atoms with Crippen molar-refractivity contribution < 1.29 is 0 Å². The number of nitrogens with zero attached hydrogens (tertiary/aromatic N) is 2. The summed E-state index contributed by atoms with van der Waals surface area (Å²) in [5, 5.41) is 4.63. The molecule has 0 spiro atoms. The van der Waals surface area contributed by atoms with Crippen molar-refractivity contribution in [3.8, 4) is 0 Å². The molecule has 1 aliphatic carbocycles. The Morgan fingerprint density at radius 3 is 2.56 bits per heavy atom. The van der Waals surface area contributed by atoms with Crippen molar-refractivity contribution in [2.24, 2.45) is 5.92 Å². The molecule has 3 nitrogen and oxygen atoms in total. The van der Waals surface area contributed by atoms with E-state index in [1.807, 2.05) is 0 Å². The van der Waals surface area contributed by atoms with Crippen LogP contribution in [0.15, 0.2) is 0 Å². The second kappa shape index (κ2) is 6.50. The van der Waals surface area contributed by atoms with Crippen molar-refractivity contribution >= 4 is 16.7 Å². The molecule has 102 valence electrons. The molecule has 1 aromatic rings. The number of hydrogen-bond acceptors (Lipinski definition) is 4. The van der Waals surface area contributed by atoms with Crippen LogP contribution in [0.25, 0.3) is 0 Å². The van der Waals surface area contributed by atoms with Crippen LogP contribution in [0.1, 0.15) is 71.0 Å². The van der Waals surface area contributed by atoms with Gasteiger partial charge in [0.2, 0.25) is 5.13 Å². The molecule has 1 atom stereocenters. The average Bonchev–Trinajstić information content (AvgIpc) is 2.86. The second-order valence-electron chi connectivity index (χ2n) is 5.67. The molecule has 1 unspecified atom stereocenters. The SMILES string of the molecule is CCC(Nc1nc(C(C)C)ns1)C1CCCCC1. The zero-order valence-corrected chi connectivity index (χ0v) is 12.6. The Kier molecular flexibility index (Phi) is 4.98. The van der Waals surface area contributed by atoms with Gasteiger partial charge in [0.15, 0.2) is 0 Å². The zero-order chi connectivity index (χ0) is 13.0. The van der Waals surface area contributed by atoms with Crippen LogP contribution in [0.3, 0.4) is 0 Å². The topological polar surface area (TPSA) is 37.8 Å². The van der Waals surface area contributed by atoms with Gasteiger partial charge in [0, 0.05) is 23.5 Å². The zero-order valence-electron chi connectivity index (χ0n) is 11.8. The van der Waals surface area contributed by atoms with Gasteiger partial charge in [0.25, 0.3) is 0 Å². The minimum Gasteiger partial charge on any atom is -0.357 e. The lowest BCUT2D eigenvalue weighted by Gasteiger charge is -2.29. The minimum absolute atomic E-state index is 0.423. The maximum absolute atomic E-state index is 4.59. The Morgan fingerprint density at radius 2 is 2.00 bits per heavy atom. The number of anilines is 1. The third kappa shape index (κ3) is 3.44. The number of aromatic nitrogens is 2. The first-order chi connectivity index (χ1) is 8.70. The molecule has 1 N–H and O–H groups in total. The molecule has 18 heavy (non-hydrogen) atoms. The molecular formula is C14H25N3S. The first-order valence-electron chi connectivity index (χ1n) is 7.30. The van der Waals surface area contributed by atoms with E-state index in [1.165, 1.54) is 50.1 Å². The number of hydrogen-bond donors (Lipinski definition) is 1. The highest BCUT2D eigenvalue weighted by Gasteiger charge is 2.23. The van der Waals surface area contributed by atoms with Crippen molar-refractivity contribution in [3.05, 3.63) is 5.82 Å². The van der Waals surface area contributed by atoms with E-state index in [0.717, 1.165) is 16.9 Å². The maximum Gasteiger partial charge on any atom is 0.202 e. The molecule has 0 amide bonds. The lowest BCUT2D eigenvalue weighted by Crippen LogP contribution is -2.30. The van der Waals surface area contributed by atoms with Gasteiger partial charge in [0.1, 0.15) is 5.82 Å². The smallest absolute Gasteiger partial charge is 0.202 e. The van der Waals surface area contributed by atoms with Crippen molar-refractivity contribution in [2.75, 3.05) is 5.32 Å². The highest BCUT2D eigenvalue weighted by Crippen LogP contribution is 2.30. The third-order valence-electron chi connectivity index (χ3n) is 3.93. The van der Waals surface area contributed by atoms with Crippen LogP contribution in [0, 0.1) is 5.92 Å². The molecule has 0 aromatic carbocycles. The summed E-state index contributed by atoms with van der Waals surface area (Å²) < 4.78 is 4.42. The predicted molar refractivity (Wildman–Crippen MR) is 78.3 cm³/mol. The molecule has 0 radical (unpaired) electrons. The Morgan fingerprint density at radius 1 is 1.28 bits per heavy atom. The fourth-order valence-electron chi connectivity index (χ4n) is 2.78. The summed E-state index contributed by atoms with van der Waals surface area (Å²) in [7, 11) is 0. The van der Waals surface area contributed by atoms with Crippen LogP contribution in [-0.4, -0.2) is 15.4 Å². The largest absolute Gasteiger partial charge is 0.357 e. The highest BCUT2D eigenvalue weighted by atomic mass is 32.1. The highest BCUT2D eigenvalue weighted by molar-refractivity contribution is 7.09. The van der Waals surface area contributed by atoms with E-state index in [4.69, 9.17) is 0 Å².